The second-order valence-electron chi connectivity index (χ2n) is 6.02. The minimum Gasteiger partial charge on any atom is -0.421 e. The normalized spacial score (nSPS) is 11.0. The van der Waals surface area contributed by atoms with Crippen LogP contribution in [0.15, 0.2) is 59.1 Å². The van der Waals surface area contributed by atoms with Crippen LogP contribution in [0.25, 0.3) is 22.4 Å². The van der Waals surface area contributed by atoms with Gasteiger partial charge in [0, 0.05) is 34.8 Å². The molecule has 1 amide bonds. The predicted octanol–water partition coefficient (Wildman–Crippen LogP) is 3.96. The molecule has 26 heavy (non-hydrogen) atoms. The lowest BCUT2D eigenvalue weighted by atomic mass is 10.1. The van der Waals surface area contributed by atoms with Gasteiger partial charge in [-0.1, -0.05) is 31.2 Å². The zero-order valence-corrected chi connectivity index (χ0v) is 14.3. The van der Waals surface area contributed by atoms with E-state index in [1.165, 1.54) is 0 Å². The number of aromatic nitrogens is 3. The van der Waals surface area contributed by atoms with Crippen molar-refractivity contribution in [2.24, 2.45) is 0 Å². The number of aryl methyl sites for hydroxylation is 1. The maximum Gasteiger partial charge on any atom is 0.247 e. The third-order valence-corrected chi connectivity index (χ3v) is 4.19. The molecule has 2 aromatic heterocycles. The van der Waals surface area contributed by atoms with Crippen molar-refractivity contribution in [1.82, 2.24) is 15.2 Å². The summed E-state index contributed by atoms with van der Waals surface area (Å²) < 4.78 is 5.57. The van der Waals surface area contributed by atoms with Crippen LogP contribution < -0.4 is 5.32 Å². The summed E-state index contributed by atoms with van der Waals surface area (Å²) >= 11 is 0. The number of aromatic amines is 1. The molecule has 4 aromatic rings. The van der Waals surface area contributed by atoms with E-state index in [4.69, 9.17) is 4.42 Å². The molecular formula is C20H18N4O2. The highest BCUT2D eigenvalue weighted by Crippen LogP contribution is 2.22. The third-order valence-electron chi connectivity index (χ3n) is 4.19. The van der Waals surface area contributed by atoms with Crippen LogP contribution in [0.3, 0.4) is 0 Å². The van der Waals surface area contributed by atoms with E-state index < -0.39 is 0 Å². The summed E-state index contributed by atoms with van der Waals surface area (Å²) in [6.07, 6.45) is 2.87. The molecule has 0 fully saturated rings. The smallest absolute Gasteiger partial charge is 0.247 e. The van der Waals surface area contributed by atoms with Crippen molar-refractivity contribution in [3.63, 3.8) is 0 Å². The molecule has 2 aromatic carbocycles. The summed E-state index contributed by atoms with van der Waals surface area (Å²) in [6.45, 7) is 1.96. The van der Waals surface area contributed by atoms with Crippen molar-refractivity contribution >= 4 is 22.5 Å². The van der Waals surface area contributed by atoms with Crippen LogP contribution in [-0.2, 0) is 17.6 Å². The van der Waals surface area contributed by atoms with Gasteiger partial charge in [-0.15, -0.1) is 10.2 Å². The zero-order chi connectivity index (χ0) is 17.9. The molecule has 6 nitrogen and oxygen atoms in total. The van der Waals surface area contributed by atoms with E-state index in [0.717, 1.165) is 22.0 Å². The Bertz CT molecular complexity index is 1060. The summed E-state index contributed by atoms with van der Waals surface area (Å²) in [4.78, 5) is 15.6. The van der Waals surface area contributed by atoms with Crippen LogP contribution >= 0.6 is 0 Å². The number of hydrogen-bond donors (Lipinski definition) is 2. The number of nitrogens with one attached hydrogen (secondary N) is 2. The molecule has 0 aliphatic heterocycles. The van der Waals surface area contributed by atoms with Crippen molar-refractivity contribution in [2.45, 2.75) is 19.8 Å². The maximum atomic E-state index is 12.4. The Morgan fingerprint density at radius 3 is 2.88 bits per heavy atom. The first-order valence-electron chi connectivity index (χ1n) is 8.50. The van der Waals surface area contributed by atoms with Crippen molar-refractivity contribution < 1.29 is 9.21 Å². The van der Waals surface area contributed by atoms with Gasteiger partial charge in [0.05, 0.1) is 6.42 Å². The van der Waals surface area contributed by atoms with E-state index in [1.54, 1.807) is 0 Å². The topological polar surface area (TPSA) is 83.8 Å². The van der Waals surface area contributed by atoms with Crippen molar-refractivity contribution in [3.8, 4) is 11.5 Å². The number of anilines is 1. The molecule has 0 radical (unpaired) electrons. The Morgan fingerprint density at radius 2 is 2.04 bits per heavy atom. The van der Waals surface area contributed by atoms with Crippen molar-refractivity contribution in [2.75, 3.05) is 5.32 Å². The van der Waals surface area contributed by atoms with Gasteiger partial charge >= 0.3 is 0 Å². The number of fused-ring (bicyclic) bond motifs is 1. The summed E-state index contributed by atoms with van der Waals surface area (Å²) in [7, 11) is 0. The highest BCUT2D eigenvalue weighted by atomic mass is 16.4. The largest absolute Gasteiger partial charge is 0.421 e. The molecule has 130 valence electrons. The van der Waals surface area contributed by atoms with E-state index in [1.807, 2.05) is 61.7 Å². The Balaban J connectivity index is 1.50. The first kappa shape index (κ1) is 16.1. The quantitative estimate of drug-likeness (QED) is 0.573. The standard InChI is InChI=1S/C20H18N4O2/c1-2-19-23-24-20(26-19)13-6-5-7-15(10-13)22-18(25)11-14-12-21-17-9-4-3-8-16(14)17/h3-10,12,21H,2,11H2,1H3,(H,22,25). The van der Waals surface area contributed by atoms with Gasteiger partial charge in [0.2, 0.25) is 17.7 Å². The van der Waals surface area contributed by atoms with E-state index in [0.29, 0.717) is 30.3 Å². The van der Waals surface area contributed by atoms with Crippen LogP contribution in [0.4, 0.5) is 5.69 Å². The van der Waals surface area contributed by atoms with Crippen LogP contribution in [0.1, 0.15) is 18.4 Å². The molecular weight excluding hydrogens is 328 g/mol. The highest BCUT2D eigenvalue weighted by molar-refractivity contribution is 5.96. The molecule has 0 saturated carbocycles. The molecule has 0 unspecified atom stereocenters. The summed E-state index contributed by atoms with van der Waals surface area (Å²) in [5.41, 5.74) is 3.48. The number of H-pyrrole nitrogens is 1. The number of hydrogen-bond acceptors (Lipinski definition) is 4. The van der Waals surface area contributed by atoms with Gasteiger partial charge in [-0.05, 0) is 29.8 Å². The number of benzene rings is 2. The van der Waals surface area contributed by atoms with Crippen LogP contribution in [0.2, 0.25) is 0 Å². The molecule has 4 rings (SSSR count). The summed E-state index contributed by atoms with van der Waals surface area (Å²) in [5.74, 6) is 0.968. The Labute approximate surface area is 150 Å². The van der Waals surface area contributed by atoms with Gasteiger partial charge < -0.3 is 14.7 Å². The second kappa shape index (κ2) is 6.84. The van der Waals surface area contributed by atoms with E-state index >= 15 is 0 Å². The fraction of sp³-hybridized carbons (Fsp3) is 0.150. The molecule has 0 aliphatic rings. The van der Waals surface area contributed by atoms with Gasteiger partial charge in [0.25, 0.3) is 0 Å². The average Bonchev–Trinajstić information content (AvgIpc) is 3.29. The number of carbonyl (C=O) groups excluding carboxylic acids is 1. The number of para-hydroxylation sites is 1. The van der Waals surface area contributed by atoms with Gasteiger partial charge in [0.15, 0.2) is 0 Å². The number of carbonyl (C=O) groups is 1. The fourth-order valence-electron chi connectivity index (χ4n) is 2.90. The highest BCUT2D eigenvalue weighted by Gasteiger charge is 2.11. The summed E-state index contributed by atoms with van der Waals surface area (Å²) in [6, 6.07) is 15.3. The van der Waals surface area contributed by atoms with Gasteiger partial charge in [-0.25, -0.2) is 0 Å². The van der Waals surface area contributed by atoms with Gasteiger partial charge in [-0.2, -0.15) is 0 Å². The molecule has 0 aliphatic carbocycles. The van der Waals surface area contributed by atoms with Crippen molar-refractivity contribution in [1.29, 1.82) is 0 Å². The first-order chi connectivity index (χ1) is 12.7. The molecule has 0 atom stereocenters. The Morgan fingerprint density at radius 1 is 1.15 bits per heavy atom. The minimum atomic E-state index is -0.0771. The number of nitrogens with zero attached hydrogens (tertiary/aromatic N) is 2. The lowest BCUT2D eigenvalue weighted by Crippen LogP contribution is -2.14. The molecule has 6 heteroatoms. The molecule has 2 heterocycles. The van der Waals surface area contributed by atoms with Gasteiger partial charge in [0.1, 0.15) is 0 Å². The monoisotopic (exact) mass is 346 g/mol. The maximum absolute atomic E-state index is 12.4. The number of amides is 1. The van der Waals surface area contributed by atoms with E-state index in [9.17, 15) is 4.79 Å². The summed E-state index contributed by atoms with van der Waals surface area (Å²) in [5, 5.41) is 12.0. The van der Waals surface area contributed by atoms with Crippen LogP contribution in [0.5, 0.6) is 0 Å². The molecule has 0 spiro atoms. The lowest BCUT2D eigenvalue weighted by Gasteiger charge is -2.06. The number of rotatable bonds is 5. The second-order valence-corrected chi connectivity index (χ2v) is 6.02. The van der Waals surface area contributed by atoms with Crippen molar-refractivity contribution in [3.05, 3.63) is 66.2 Å². The van der Waals surface area contributed by atoms with E-state index in [2.05, 4.69) is 20.5 Å². The lowest BCUT2D eigenvalue weighted by molar-refractivity contribution is -0.115. The first-order valence-corrected chi connectivity index (χ1v) is 8.50. The zero-order valence-electron chi connectivity index (χ0n) is 14.3. The Hall–Kier alpha value is -3.41. The predicted molar refractivity (Wildman–Crippen MR) is 99.7 cm³/mol. The van der Waals surface area contributed by atoms with Gasteiger partial charge in [-0.3, -0.25) is 4.79 Å². The molecule has 0 saturated heterocycles. The van der Waals surface area contributed by atoms with Crippen LogP contribution in [0, 0.1) is 0 Å². The fourth-order valence-corrected chi connectivity index (χ4v) is 2.90. The third kappa shape index (κ3) is 3.21. The Kier molecular flexibility index (Phi) is 4.23. The SMILES string of the molecule is CCc1nnc(-c2cccc(NC(=O)Cc3c[nH]c4ccccc34)c2)o1. The minimum absolute atomic E-state index is 0.0771. The van der Waals surface area contributed by atoms with E-state index in [-0.39, 0.29) is 5.91 Å². The molecule has 2 N–H and O–H groups in total. The average molecular weight is 346 g/mol. The molecule has 0 bridgehead atoms. The van der Waals surface area contributed by atoms with Crippen LogP contribution in [-0.4, -0.2) is 21.1 Å².